The summed E-state index contributed by atoms with van der Waals surface area (Å²) in [5, 5.41) is 16.8. The zero-order chi connectivity index (χ0) is 19.1. The Morgan fingerprint density at radius 3 is 2.48 bits per heavy atom. The highest BCUT2D eigenvalue weighted by atomic mass is 32.1. The van der Waals surface area contributed by atoms with Gasteiger partial charge in [-0.05, 0) is 29.7 Å². The van der Waals surface area contributed by atoms with Crippen molar-refractivity contribution >= 4 is 28.3 Å². The summed E-state index contributed by atoms with van der Waals surface area (Å²) >= 11 is 1.22. The number of phenols is 1. The second kappa shape index (κ2) is 8.95. The Kier molecular flexibility index (Phi) is 6.17. The van der Waals surface area contributed by atoms with E-state index in [1.807, 2.05) is 42.5 Å². The maximum atomic E-state index is 12.2. The minimum Gasteiger partial charge on any atom is -0.508 e. The van der Waals surface area contributed by atoms with Crippen molar-refractivity contribution in [1.29, 1.82) is 0 Å². The zero-order valence-electron chi connectivity index (χ0n) is 14.5. The molecule has 0 unspecified atom stereocenters. The van der Waals surface area contributed by atoms with Crippen LogP contribution in [0, 0.1) is 0 Å². The molecule has 1 aromatic heterocycles. The minimum absolute atomic E-state index is 0.171. The lowest BCUT2D eigenvalue weighted by Gasteiger charge is -2.04. The molecule has 0 saturated heterocycles. The third-order valence-electron chi connectivity index (χ3n) is 3.83. The monoisotopic (exact) mass is 381 g/mol. The van der Waals surface area contributed by atoms with Gasteiger partial charge < -0.3 is 15.7 Å². The Balaban J connectivity index is 1.47. The molecule has 0 aliphatic heterocycles. The molecule has 2 amide bonds. The molecule has 0 atom stereocenters. The van der Waals surface area contributed by atoms with Crippen molar-refractivity contribution in [3.8, 4) is 5.75 Å². The van der Waals surface area contributed by atoms with Crippen molar-refractivity contribution in [3.63, 3.8) is 0 Å². The molecule has 3 aromatic rings. The predicted molar refractivity (Wildman–Crippen MR) is 105 cm³/mol. The van der Waals surface area contributed by atoms with Gasteiger partial charge in [0.15, 0.2) is 5.13 Å². The number of nitrogens with zero attached hydrogens (tertiary/aromatic N) is 1. The summed E-state index contributed by atoms with van der Waals surface area (Å²) in [4.78, 5) is 28.4. The number of benzene rings is 2. The van der Waals surface area contributed by atoms with Crippen molar-refractivity contribution in [2.45, 2.75) is 12.8 Å². The SMILES string of the molecule is O=C(Cc1ccccc1)Nc1nc(C(=O)NCCc2ccc(O)cc2)cs1. The molecule has 0 fully saturated rings. The smallest absolute Gasteiger partial charge is 0.270 e. The van der Waals surface area contributed by atoms with Gasteiger partial charge in [-0.3, -0.25) is 9.59 Å². The van der Waals surface area contributed by atoms with Gasteiger partial charge >= 0.3 is 0 Å². The maximum absolute atomic E-state index is 12.2. The van der Waals surface area contributed by atoms with Crippen LogP contribution in [0.2, 0.25) is 0 Å². The Bertz CT molecular complexity index is 908. The second-order valence-corrected chi connectivity index (χ2v) is 6.78. The van der Waals surface area contributed by atoms with Crippen LogP contribution in [0.3, 0.4) is 0 Å². The van der Waals surface area contributed by atoms with Crippen LogP contribution in [0.4, 0.5) is 5.13 Å². The Labute approximate surface area is 160 Å². The lowest BCUT2D eigenvalue weighted by atomic mass is 10.1. The molecule has 6 nitrogen and oxygen atoms in total. The highest BCUT2D eigenvalue weighted by molar-refractivity contribution is 7.14. The van der Waals surface area contributed by atoms with E-state index in [1.54, 1.807) is 17.5 Å². The summed E-state index contributed by atoms with van der Waals surface area (Å²) in [5.74, 6) is -0.240. The van der Waals surface area contributed by atoms with E-state index in [-0.39, 0.29) is 29.7 Å². The van der Waals surface area contributed by atoms with Crippen LogP contribution in [-0.4, -0.2) is 28.4 Å². The first-order valence-electron chi connectivity index (χ1n) is 8.45. The van der Waals surface area contributed by atoms with Crippen molar-refractivity contribution in [1.82, 2.24) is 10.3 Å². The highest BCUT2D eigenvalue weighted by Crippen LogP contribution is 2.16. The summed E-state index contributed by atoms with van der Waals surface area (Å²) < 4.78 is 0. The van der Waals surface area contributed by atoms with E-state index in [9.17, 15) is 14.7 Å². The number of aromatic nitrogens is 1. The predicted octanol–water partition coefficient (Wildman–Crippen LogP) is 3.00. The van der Waals surface area contributed by atoms with E-state index in [0.29, 0.717) is 18.1 Å². The second-order valence-electron chi connectivity index (χ2n) is 5.92. The van der Waals surface area contributed by atoms with Crippen LogP contribution in [0.1, 0.15) is 21.6 Å². The third-order valence-corrected chi connectivity index (χ3v) is 4.58. The van der Waals surface area contributed by atoms with Crippen LogP contribution < -0.4 is 10.6 Å². The first kappa shape index (κ1) is 18.6. The summed E-state index contributed by atoms with van der Waals surface area (Å²) in [6.07, 6.45) is 0.908. The number of amides is 2. The number of carbonyl (C=O) groups excluding carboxylic acids is 2. The number of rotatable bonds is 7. The van der Waals surface area contributed by atoms with Crippen molar-refractivity contribution < 1.29 is 14.7 Å². The average Bonchev–Trinajstić information content (AvgIpc) is 3.12. The average molecular weight is 381 g/mol. The summed E-state index contributed by atoms with van der Waals surface area (Å²) in [6.45, 7) is 0.455. The van der Waals surface area contributed by atoms with Gasteiger partial charge in [0.05, 0.1) is 6.42 Å². The molecule has 0 spiro atoms. The highest BCUT2D eigenvalue weighted by Gasteiger charge is 2.12. The Morgan fingerprint density at radius 2 is 1.74 bits per heavy atom. The fraction of sp³-hybridized carbons (Fsp3) is 0.150. The van der Waals surface area contributed by atoms with Gasteiger partial charge in [0.2, 0.25) is 5.91 Å². The molecule has 7 heteroatoms. The molecular formula is C20H19N3O3S. The quantitative estimate of drug-likeness (QED) is 0.587. The van der Waals surface area contributed by atoms with Gasteiger partial charge in [-0.1, -0.05) is 42.5 Å². The molecule has 138 valence electrons. The molecule has 0 saturated carbocycles. The lowest BCUT2D eigenvalue weighted by molar-refractivity contribution is -0.115. The third kappa shape index (κ3) is 5.65. The van der Waals surface area contributed by atoms with Gasteiger partial charge in [0.1, 0.15) is 11.4 Å². The summed E-state index contributed by atoms with van der Waals surface area (Å²) in [7, 11) is 0. The van der Waals surface area contributed by atoms with Gasteiger partial charge in [-0.15, -0.1) is 11.3 Å². The fourth-order valence-corrected chi connectivity index (χ4v) is 3.16. The van der Waals surface area contributed by atoms with Crippen LogP contribution >= 0.6 is 11.3 Å². The van der Waals surface area contributed by atoms with Crippen molar-refractivity contribution in [2.24, 2.45) is 0 Å². The lowest BCUT2D eigenvalue weighted by Crippen LogP contribution is -2.26. The van der Waals surface area contributed by atoms with E-state index >= 15 is 0 Å². The molecule has 0 aliphatic carbocycles. The van der Waals surface area contributed by atoms with Gasteiger partial charge in [0, 0.05) is 11.9 Å². The standard InChI is InChI=1S/C20H19N3O3S/c24-16-8-6-14(7-9-16)10-11-21-19(26)17-13-27-20(22-17)23-18(25)12-15-4-2-1-3-5-15/h1-9,13,24H,10-12H2,(H,21,26)(H,22,23,25). The summed E-state index contributed by atoms with van der Waals surface area (Å²) in [5.41, 5.74) is 2.21. The number of nitrogens with one attached hydrogen (secondary N) is 2. The van der Waals surface area contributed by atoms with Crippen LogP contribution in [0.5, 0.6) is 5.75 Å². The van der Waals surface area contributed by atoms with Crippen molar-refractivity contribution in [2.75, 3.05) is 11.9 Å². The van der Waals surface area contributed by atoms with Crippen LogP contribution in [0.15, 0.2) is 60.0 Å². The topological polar surface area (TPSA) is 91.3 Å². The zero-order valence-corrected chi connectivity index (χ0v) is 15.3. The number of thiazole rings is 1. The van der Waals surface area contributed by atoms with E-state index in [0.717, 1.165) is 11.1 Å². The molecule has 3 rings (SSSR count). The molecule has 0 radical (unpaired) electrons. The van der Waals surface area contributed by atoms with Crippen LogP contribution in [-0.2, 0) is 17.6 Å². The Hall–Kier alpha value is -3.19. The first-order chi connectivity index (χ1) is 13.1. The number of phenolic OH excluding ortho intramolecular Hbond substituents is 1. The maximum Gasteiger partial charge on any atom is 0.270 e. The van der Waals surface area contributed by atoms with Gasteiger partial charge in [-0.2, -0.15) is 0 Å². The molecule has 2 aromatic carbocycles. The van der Waals surface area contributed by atoms with E-state index < -0.39 is 0 Å². The van der Waals surface area contributed by atoms with Crippen molar-refractivity contribution in [3.05, 3.63) is 76.8 Å². The largest absolute Gasteiger partial charge is 0.508 e. The number of anilines is 1. The molecule has 0 bridgehead atoms. The first-order valence-corrected chi connectivity index (χ1v) is 9.33. The molecule has 1 heterocycles. The van der Waals surface area contributed by atoms with E-state index in [2.05, 4.69) is 15.6 Å². The molecular weight excluding hydrogens is 362 g/mol. The number of carbonyl (C=O) groups is 2. The number of aromatic hydroxyl groups is 1. The molecule has 3 N–H and O–H groups in total. The van der Waals surface area contributed by atoms with Gasteiger partial charge in [0.25, 0.3) is 5.91 Å². The van der Waals surface area contributed by atoms with Gasteiger partial charge in [-0.25, -0.2) is 4.98 Å². The summed E-state index contributed by atoms with van der Waals surface area (Å²) in [6, 6.07) is 16.3. The van der Waals surface area contributed by atoms with E-state index in [1.165, 1.54) is 11.3 Å². The van der Waals surface area contributed by atoms with Crippen LogP contribution in [0.25, 0.3) is 0 Å². The normalized spacial score (nSPS) is 10.4. The fourth-order valence-electron chi connectivity index (χ4n) is 2.45. The number of hydrogen-bond acceptors (Lipinski definition) is 5. The number of hydrogen-bond donors (Lipinski definition) is 3. The Morgan fingerprint density at radius 1 is 1.00 bits per heavy atom. The molecule has 27 heavy (non-hydrogen) atoms. The minimum atomic E-state index is -0.284. The van der Waals surface area contributed by atoms with E-state index in [4.69, 9.17) is 0 Å². The molecule has 0 aliphatic rings.